The number of hydrogen-bond donors (Lipinski definition) is 1. The lowest BCUT2D eigenvalue weighted by molar-refractivity contribution is 0.0960. The van der Waals surface area contributed by atoms with Gasteiger partial charge >= 0.3 is 0 Å². The van der Waals surface area contributed by atoms with Gasteiger partial charge in [-0.2, -0.15) is 0 Å². The van der Waals surface area contributed by atoms with Crippen molar-refractivity contribution in [2.75, 3.05) is 13.7 Å². The van der Waals surface area contributed by atoms with Gasteiger partial charge in [-0.3, -0.25) is 9.59 Å². The molecule has 22 heavy (non-hydrogen) atoms. The summed E-state index contributed by atoms with van der Waals surface area (Å²) in [4.78, 5) is 23.1. The molecule has 1 aliphatic rings. The number of rotatable bonds is 3. The molecule has 1 unspecified atom stereocenters. The molecule has 0 radical (unpaired) electrons. The molecule has 112 valence electrons. The first-order chi connectivity index (χ1) is 10.6. The first-order valence-corrected chi connectivity index (χ1v) is 6.87. The Bertz CT molecular complexity index is 758. The van der Waals surface area contributed by atoms with Crippen molar-refractivity contribution in [3.63, 3.8) is 0 Å². The maximum atomic E-state index is 13.4. The standard InChI is InChI=1S/C17H14FNO3/c1-19-17(21)14-6-10(8-20)5-13-15(9-22-16(13)14)11-3-2-4-12(18)7-11/h2-8,15H,9H2,1H3,(H,19,21). The van der Waals surface area contributed by atoms with Gasteiger partial charge in [0.2, 0.25) is 0 Å². The van der Waals surface area contributed by atoms with Crippen LogP contribution >= 0.6 is 0 Å². The maximum absolute atomic E-state index is 13.4. The Morgan fingerprint density at radius 1 is 1.36 bits per heavy atom. The molecular weight excluding hydrogens is 285 g/mol. The number of benzene rings is 2. The first-order valence-electron chi connectivity index (χ1n) is 6.87. The van der Waals surface area contributed by atoms with Gasteiger partial charge < -0.3 is 10.1 Å². The van der Waals surface area contributed by atoms with Crippen molar-refractivity contribution in [2.24, 2.45) is 0 Å². The quantitative estimate of drug-likeness (QED) is 0.886. The fourth-order valence-corrected chi connectivity index (χ4v) is 2.72. The second-order valence-electron chi connectivity index (χ2n) is 5.10. The molecule has 1 N–H and O–H groups in total. The molecule has 5 heteroatoms. The zero-order valence-corrected chi connectivity index (χ0v) is 11.9. The minimum atomic E-state index is -0.330. The average molecular weight is 299 g/mol. The van der Waals surface area contributed by atoms with Crippen molar-refractivity contribution in [2.45, 2.75) is 5.92 Å². The summed E-state index contributed by atoms with van der Waals surface area (Å²) in [5.41, 5.74) is 2.20. The summed E-state index contributed by atoms with van der Waals surface area (Å²) in [7, 11) is 1.52. The minimum Gasteiger partial charge on any atom is -0.491 e. The van der Waals surface area contributed by atoms with E-state index in [1.807, 2.05) is 0 Å². The highest BCUT2D eigenvalue weighted by molar-refractivity contribution is 5.99. The molecule has 0 spiro atoms. The van der Waals surface area contributed by atoms with E-state index < -0.39 is 0 Å². The summed E-state index contributed by atoms with van der Waals surface area (Å²) < 4.78 is 19.1. The molecule has 2 aromatic carbocycles. The Balaban J connectivity index is 2.13. The van der Waals surface area contributed by atoms with Gasteiger partial charge in [-0.1, -0.05) is 12.1 Å². The molecular formula is C17H14FNO3. The van der Waals surface area contributed by atoms with E-state index in [1.165, 1.54) is 25.2 Å². The van der Waals surface area contributed by atoms with E-state index >= 15 is 0 Å². The summed E-state index contributed by atoms with van der Waals surface area (Å²) in [5.74, 6) is -0.392. The largest absolute Gasteiger partial charge is 0.491 e. The van der Waals surface area contributed by atoms with Crippen LogP contribution < -0.4 is 10.1 Å². The molecule has 3 rings (SSSR count). The van der Waals surface area contributed by atoms with E-state index in [0.29, 0.717) is 29.8 Å². The van der Waals surface area contributed by atoms with Crippen LogP contribution in [0.4, 0.5) is 4.39 Å². The summed E-state index contributed by atoms with van der Waals surface area (Å²) in [6.07, 6.45) is 0.688. The van der Waals surface area contributed by atoms with E-state index in [2.05, 4.69) is 5.32 Å². The van der Waals surface area contributed by atoms with E-state index in [1.54, 1.807) is 18.2 Å². The zero-order chi connectivity index (χ0) is 15.7. The third kappa shape index (κ3) is 2.35. The molecule has 2 aromatic rings. The number of halogens is 1. The van der Waals surface area contributed by atoms with Crippen molar-refractivity contribution in [1.82, 2.24) is 5.32 Å². The van der Waals surface area contributed by atoms with E-state index in [9.17, 15) is 14.0 Å². The fourth-order valence-electron chi connectivity index (χ4n) is 2.72. The van der Waals surface area contributed by atoms with Crippen LogP contribution in [0.3, 0.4) is 0 Å². The highest BCUT2D eigenvalue weighted by atomic mass is 19.1. The van der Waals surface area contributed by atoms with Crippen LogP contribution in [-0.2, 0) is 0 Å². The van der Waals surface area contributed by atoms with Gasteiger partial charge in [0.05, 0.1) is 12.2 Å². The van der Waals surface area contributed by atoms with Crippen molar-refractivity contribution < 1.29 is 18.7 Å². The van der Waals surface area contributed by atoms with Gasteiger partial charge in [-0.15, -0.1) is 0 Å². The van der Waals surface area contributed by atoms with Crippen LogP contribution in [0.1, 0.15) is 37.8 Å². The second kappa shape index (κ2) is 5.60. The molecule has 0 saturated heterocycles. The van der Waals surface area contributed by atoms with Crippen molar-refractivity contribution in [3.8, 4) is 5.75 Å². The molecule has 1 amide bonds. The Hall–Kier alpha value is -2.69. The SMILES string of the molecule is CNC(=O)c1cc(C=O)cc2c1OCC2c1cccc(F)c1. The zero-order valence-electron chi connectivity index (χ0n) is 11.9. The lowest BCUT2D eigenvalue weighted by atomic mass is 9.90. The van der Waals surface area contributed by atoms with Gasteiger partial charge in [0.15, 0.2) is 0 Å². The van der Waals surface area contributed by atoms with Crippen molar-refractivity contribution >= 4 is 12.2 Å². The number of hydrogen-bond acceptors (Lipinski definition) is 3. The van der Waals surface area contributed by atoms with Gasteiger partial charge in [0.1, 0.15) is 17.9 Å². The van der Waals surface area contributed by atoms with Gasteiger partial charge in [0.25, 0.3) is 5.91 Å². The molecule has 1 heterocycles. The minimum absolute atomic E-state index is 0.200. The highest BCUT2D eigenvalue weighted by Gasteiger charge is 2.30. The van der Waals surface area contributed by atoms with Crippen molar-refractivity contribution in [1.29, 1.82) is 0 Å². The van der Waals surface area contributed by atoms with Crippen LogP contribution in [0.15, 0.2) is 36.4 Å². The lowest BCUT2D eigenvalue weighted by Gasteiger charge is -2.11. The smallest absolute Gasteiger partial charge is 0.254 e. The Morgan fingerprint density at radius 2 is 2.18 bits per heavy atom. The number of amides is 1. The van der Waals surface area contributed by atoms with Crippen LogP contribution in [0.2, 0.25) is 0 Å². The summed E-state index contributed by atoms with van der Waals surface area (Å²) in [5, 5.41) is 2.53. The molecule has 0 fully saturated rings. The summed E-state index contributed by atoms with van der Waals surface area (Å²) >= 11 is 0. The van der Waals surface area contributed by atoms with Gasteiger partial charge in [0, 0.05) is 24.1 Å². The number of aldehydes is 1. The maximum Gasteiger partial charge on any atom is 0.254 e. The molecule has 1 aliphatic heterocycles. The van der Waals surface area contributed by atoms with E-state index in [0.717, 1.165) is 11.1 Å². The third-order valence-electron chi connectivity index (χ3n) is 3.77. The average Bonchev–Trinajstić information content (AvgIpc) is 2.96. The molecule has 0 aliphatic carbocycles. The van der Waals surface area contributed by atoms with Gasteiger partial charge in [-0.25, -0.2) is 4.39 Å². The van der Waals surface area contributed by atoms with E-state index in [4.69, 9.17) is 4.74 Å². The number of carbonyl (C=O) groups excluding carboxylic acids is 2. The fraction of sp³-hybridized carbons (Fsp3) is 0.176. The Morgan fingerprint density at radius 3 is 2.86 bits per heavy atom. The van der Waals surface area contributed by atoms with Crippen LogP contribution in [0.25, 0.3) is 0 Å². The topological polar surface area (TPSA) is 55.4 Å². The molecule has 1 atom stereocenters. The number of fused-ring (bicyclic) bond motifs is 1. The monoisotopic (exact) mass is 299 g/mol. The summed E-state index contributed by atoms with van der Waals surface area (Å²) in [6, 6.07) is 9.44. The van der Waals surface area contributed by atoms with Crippen LogP contribution in [0, 0.1) is 5.82 Å². The Labute approximate surface area is 126 Å². The number of ether oxygens (including phenoxy) is 1. The normalized spacial score (nSPS) is 15.8. The summed E-state index contributed by atoms with van der Waals surface area (Å²) in [6.45, 7) is 0.311. The first kappa shape index (κ1) is 14.3. The Kier molecular flexibility index (Phi) is 3.63. The number of carbonyl (C=O) groups is 2. The van der Waals surface area contributed by atoms with Crippen LogP contribution in [0.5, 0.6) is 5.75 Å². The number of nitrogens with one attached hydrogen (secondary N) is 1. The molecule has 0 aromatic heterocycles. The van der Waals surface area contributed by atoms with E-state index in [-0.39, 0.29) is 17.6 Å². The van der Waals surface area contributed by atoms with Crippen molar-refractivity contribution in [3.05, 3.63) is 64.5 Å². The molecule has 4 nitrogen and oxygen atoms in total. The van der Waals surface area contributed by atoms with Crippen LogP contribution in [-0.4, -0.2) is 25.8 Å². The second-order valence-corrected chi connectivity index (χ2v) is 5.10. The molecule has 0 bridgehead atoms. The predicted molar refractivity (Wildman–Crippen MR) is 79.0 cm³/mol. The predicted octanol–water partition coefficient (Wildman–Crippen LogP) is 2.52. The van der Waals surface area contributed by atoms with Gasteiger partial charge in [-0.05, 0) is 29.8 Å². The molecule has 0 saturated carbocycles. The highest BCUT2D eigenvalue weighted by Crippen LogP contribution is 2.41. The lowest BCUT2D eigenvalue weighted by Crippen LogP contribution is -2.18. The third-order valence-corrected chi connectivity index (χ3v) is 3.77.